The molecular weight excluding hydrogens is 293 g/mol. The van der Waals surface area contributed by atoms with E-state index >= 15 is 0 Å². The molecule has 1 heterocycles. The SMILES string of the molecule is Cc1cc(F)c(N)cc1S(=O)(=O)NCC1CCCN(C)C1. The normalized spacial score (nSPS) is 20.6. The van der Waals surface area contributed by atoms with E-state index in [1.807, 2.05) is 7.05 Å². The number of hydrogen-bond donors (Lipinski definition) is 2. The van der Waals surface area contributed by atoms with E-state index in [-0.39, 0.29) is 10.6 Å². The van der Waals surface area contributed by atoms with E-state index in [9.17, 15) is 12.8 Å². The summed E-state index contributed by atoms with van der Waals surface area (Å²) in [5, 5.41) is 0. The Balaban J connectivity index is 2.10. The van der Waals surface area contributed by atoms with Crippen LogP contribution in [0.3, 0.4) is 0 Å². The lowest BCUT2D eigenvalue weighted by atomic mass is 9.99. The van der Waals surface area contributed by atoms with Crippen molar-refractivity contribution in [3.05, 3.63) is 23.5 Å². The minimum absolute atomic E-state index is 0.0468. The van der Waals surface area contributed by atoms with Crippen LogP contribution >= 0.6 is 0 Å². The first-order valence-electron chi connectivity index (χ1n) is 7.03. The second kappa shape index (κ2) is 6.29. The maximum atomic E-state index is 13.3. The lowest BCUT2D eigenvalue weighted by Crippen LogP contribution is -2.39. The second-order valence-corrected chi connectivity index (χ2v) is 7.50. The van der Waals surface area contributed by atoms with Gasteiger partial charge in [-0.05, 0) is 57.0 Å². The molecule has 7 heteroatoms. The molecule has 0 amide bonds. The number of benzene rings is 1. The summed E-state index contributed by atoms with van der Waals surface area (Å²) in [6.45, 7) is 3.89. The van der Waals surface area contributed by atoms with Gasteiger partial charge in [0.2, 0.25) is 10.0 Å². The van der Waals surface area contributed by atoms with Crippen LogP contribution in [0.2, 0.25) is 0 Å². The molecule has 1 fully saturated rings. The van der Waals surface area contributed by atoms with Gasteiger partial charge >= 0.3 is 0 Å². The first-order chi connectivity index (χ1) is 9.79. The van der Waals surface area contributed by atoms with Gasteiger partial charge in [-0.25, -0.2) is 17.5 Å². The summed E-state index contributed by atoms with van der Waals surface area (Å²) >= 11 is 0. The second-order valence-electron chi connectivity index (χ2n) is 5.76. The zero-order chi connectivity index (χ0) is 15.6. The number of nitrogens with one attached hydrogen (secondary N) is 1. The molecule has 0 bridgehead atoms. The molecule has 1 aliphatic rings. The van der Waals surface area contributed by atoms with Crippen molar-refractivity contribution in [3.8, 4) is 0 Å². The third kappa shape index (κ3) is 3.93. The van der Waals surface area contributed by atoms with E-state index < -0.39 is 15.8 Å². The van der Waals surface area contributed by atoms with Crippen molar-refractivity contribution in [3.63, 3.8) is 0 Å². The van der Waals surface area contributed by atoms with Gasteiger partial charge in [0.05, 0.1) is 10.6 Å². The van der Waals surface area contributed by atoms with Crippen LogP contribution < -0.4 is 10.5 Å². The summed E-state index contributed by atoms with van der Waals surface area (Å²) in [4.78, 5) is 2.24. The van der Waals surface area contributed by atoms with Gasteiger partial charge in [-0.1, -0.05) is 0 Å². The predicted molar refractivity (Wildman–Crippen MR) is 81.0 cm³/mol. The third-order valence-electron chi connectivity index (χ3n) is 3.87. The van der Waals surface area contributed by atoms with Gasteiger partial charge in [-0.3, -0.25) is 0 Å². The summed E-state index contributed by atoms with van der Waals surface area (Å²) in [5.41, 5.74) is 5.67. The number of anilines is 1. The van der Waals surface area contributed by atoms with Gasteiger partial charge in [0.15, 0.2) is 0 Å². The Morgan fingerprint density at radius 3 is 2.86 bits per heavy atom. The van der Waals surface area contributed by atoms with Crippen LogP contribution in [-0.2, 0) is 10.0 Å². The Bertz CT molecular complexity index is 619. The minimum Gasteiger partial charge on any atom is -0.396 e. The Hall–Kier alpha value is -1.18. The smallest absolute Gasteiger partial charge is 0.240 e. The Kier molecular flexibility index (Phi) is 4.85. The van der Waals surface area contributed by atoms with Crippen LogP contribution in [0.15, 0.2) is 17.0 Å². The molecule has 0 saturated carbocycles. The molecule has 0 radical (unpaired) electrons. The summed E-state index contributed by atoms with van der Waals surface area (Å²) in [7, 11) is -1.63. The van der Waals surface area contributed by atoms with Crippen LogP contribution in [0, 0.1) is 18.7 Å². The lowest BCUT2D eigenvalue weighted by molar-refractivity contribution is 0.211. The quantitative estimate of drug-likeness (QED) is 0.822. The van der Waals surface area contributed by atoms with Gasteiger partial charge in [0, 0.05) is 13.1 Å². The van der Waals surface area contributed by atoms with Crippen molar-refractivity contribution < 1.29 is 12.8 Å². The molecule has 118 valence electrons. The van der Waals surface area contributed by atoms with Crippen LogP contribution in [0.1, 0.15) is 18.4 Å². The van der Waals surface area contributed by atoms with E-state index in [0.29, 0.717) is 18.0 Å². The molecule has 5 nitrogen and oxygen atoms in total. The highest BCUT2D eigenvalue weighted by atomic mass is 32.2. The fraction of sp³-hybridized carbons (Fsp3) is 0.571. The summed E-state index contributed by atoms with van der Waals surface area (Å²) in [5.74, 6) is -0.294. The zero-order valence-corrected chi connectivity index (χ0v) is 13.2. The van der Waals surface area contributed by atoms with E-state index in [0.717, 1.165) is 32.0 Å². The highest BCUT2D eigenvalue weighted by molar-refractivity contribution is 7.89. The predicted octanol–water partition coefficient (Wildman–Crippen LogP) is 1.34. The number of halogens is 1. The van der Waals surface area contributed by atoms with Gasteiger partial charge < -0.3 is 10.6 Å². The topological polar surface area (TPSA) is 75.4 Å². The number of nitrogens with two attached hydrogens (primary N) is 1. The molecule has 1 aromatic carbocycles. The molecule has 21 heavy (non-hydrogen) atoms. The first kappa shape index (κ1) is 16.2. The van der Waals surface area contributed by atoms with Crippen molar-refractivity contribution >= 4 is 15.7 Å². The van der Waals surface area contributed by atoms with Crippen molar-refractivity contribution in [2.24, 2.45) is 5.92 Å². The zero-order valence-electron chi connectivity index (χ0n) is 12.4. The maximum absolute atomic E-state index is 13.3. The Morgan fingerprint density at radius 1 is 1.48 bits per heavy atom. The Morgan fingerprint density at radius 2 is 2.19 bits per heavy atom. The van der Waals surface area contributed by atoms with Crippen molar-refractivity contribution in [2.75, 3.05) is 32.4 Å². The van der Waals surface area contributed by atoms with E-state index in [2.05, 4.69) is 9.62 Å². The van der Waals surface area contributed by atoms with Gasteiger partial charge in [0.1, 0.15) is 5.82 Å². The number of hydrogen-bond acceptors (Lipinski definition) is 4. The molecule has 1 saturated heterocycles. The number of sulfonamides is 1. The highest BCUT2D eigenvalue weighted by Crippen LogP contribution is 2.22. The highest BCUT2D eigenvalue weighted by Gasteiger charge is 2.22. The van der Waals surface area contributed by atoms with E-state index in [4.69, 9.17) is 5.73 Å². The van der Waals surface area contributed by atoms with E-state index in [1.54, 1.807) is 6.92 Å². The molecule has 1 aromatic rings. The maximum Gasteiger partial charge on any atom is 0.240 e. The Labute approximate surface area is 125 Å². The monoisotopic (exact) mass is 315 g/mol. The summed E-state index contributed by atoms with van der Waals surface area (Å²) in [6, 6.07) is 2.33. The van der Waals surface area contributed by atoms with Crippen molar-refractivity contribution in [2.45, 2.75) is 24.7 Å². The lowest BCUT2D eigenvalue weighted by Gasteiger charge is -2.29. The molecular formula is C14H22FN3O2S. The number of likely N-dealkylation sites (tertiary alicyclic amines) is 1. The standard InChI is InChI=1S/C14H22FN3O2S/c1-10-6-12(15)13(16)7-14(10)21(19,20)17-8-11-4-3-5-18(2)9-11/h6-7,11,17H,3-5,8-9,16H2,1-2H3. The van der Waals surface area contributed by atoms with Crippen LogP contribution in [-0.4, -0.2) is 40.0 Å². The number of rotatable bonds is 4. The number of nitrogen functional groups attached to an aromatic ring is 1. The van der Waals surface area contributed by atoms with Crippen LogP contribution in [0.25, 0.3) is 0 Å². The van der Waals surface area contributed by atoms with Crippen molar-refractivity contribution in [1.29, 1.82) is 0 Å². The molecule has 2 rings (SSSR count). The molecule has 1 aliphatic heterocycles. The molecule has 0 aliphatic carbocycles. The third-order valence-corrected chi connectivity index (χ3v) is 5.43. The molecule has 1 atom stereocenters. The van der Waals surface area contributed by atoms with Crippen LogP contribution in [0.5, 0.6) is 0 Å². The molecule has 0 aromatic heterocycles. The minimum atomic E-state index is -3.66. The molecule has 3 N–H and O–H groups in total. The van der Waals surface area contributed by atoms with Gasteiger partial charge in [0.25, 0.3) is 0 Å². The van der Waals surface area contributed by atoms with Gasteiger partial charge in [-0.2, -0.15) is 0 Å². The van der Waals surface area contributed by atoms with E-state index in [1.165, 1.54) is 6.07 Å². The molecule has 1 unspecified atom stereocenters. The molecule has 0 spiro atoms. The fourth-order valence-electron chi connectivity index (χ4n) is 2.70. The largest absolute Gasteiger partial charge is 0.396 e. The van der Waals surface area contributed by atoms with Crippen LogP contribution in [0.4, 0.5) is 10.1 Å². The number of piperidine rings is 1. The average molecular weight is 315 g/mol. The van der Waals surface area contributed by atoms with Crippen molar-refractivity contribution in [1.82, 2.24) is 9.62 Å². The summed E-state index contributed by atoms with van der Waals surface area (Å²) in [6.07, 6.45) is 2.09. The fourth-order valence-corrected chi connectivity index (χ4v) is 4.08. The average Bonchev–Trinajstić information content (AvgIpc) is 2.41. The number of aryl methyl sites for hydroxylation is 1. The first-order valence-corrected chi connectivity index (χ1v) is 8.52. The van der Waals surface area contributed by atoms with Gasteiger partial charge in [-0.15, -0.1) is 0 Å². The summed E-state index contributed by atoms with van der Waals surface area (Å²) < 4.78 is 40.6. The number of nitrogens with zero attached hydrogens (tertiary/aromatic N) is 1.